The number of hydrogen-bond acceptors (Lipinski definition) is 2. The van der Waals surface area contributed by atoms with E-state index in [0.717, 1.165) is 0 Å². The highest BCUT2D eigenvalue weighted by atomic mass is 35.5. The van der Waals surface area contributed by atoms with Crippen molar-refractivity contribution in [2.75, 3.05) is 0 Å². The average molecular weight is 172 g/mol. The predicted molar refractivity (Wildman–Crippen MR) is 43.1 cm³/mol. The summed E-state index contributed by atoms with van der Waals surface area (Å²) in [4.78, 5) is 13.3. The number of amidine groups is 1. The first-order chi connectivity index (χ1) is 5.13. The zero-order chi connectivity index (χ0) is 8.43. The molecule has 0 atom stereocenters. The van der Waals surface area contributed by atoms with Gasteiger partial charge >= 0.3 is 0 Å². The molecule has 0 radical (unpaired) electrons. The zero-order valence-corrected chi connectivity index (χ0v) is 6.27. The van der Waals surface area contributed by atoms with Gasteiger partial charge in [-0.3, -0.25) is 10.2 Å². The molecule has 1 heterocycles. The van der Waals surface area contributed by atoms with Crippen LogP contribution in [0.15, 0.2) is 17.1 Å². The second-order valence-corrected chi connectivity index (χ2v) is 2.35. The van der Waals surface area contributed by atoms with Gasteiger partial charge in [0.15, 0.2) is 0 Å². The molecule has 4 nitrogen and oxygen atoms in total. The zero-order valence-electron chi connectivity index (χ0n) is 5.52. The quantitative estimate of drug-likeness (QED) is 0.420. The molecule has 0 aliphatic heterocycles. The van der Waals surface area contributed by atoms with E-state index in [4.69, 9.17) is 22.7 Å². The van der Waals surface area contributed by atoms with Crippen LogP contribution >= 0.6 is 11.6 Å². The highest BCUT2D eigenvalue weighted by Crippen LogP contribution is 2.08. The van der Waals surface area contributed by atoms with Gasteiger partial charge in [-0.25, -0.2) is 0 Å². The van der Waals surface area contributed by atoms with Gasteiger partial charge < -0.3 is 10.7 Å². The summed E-state index contributed by atoms with van der Waals surface area (Å²) >= 11 is 5.58. The predicted octanol–water partition coefficient (Wildman–Crippen LogP) is 0.312. The molecule has 58 valence electrons. The van der Waals surface area contributed by atoms with E-state index in [1.54, 1.807) is 0 Å². The SMILES string of the molecule is N=C(N)c1c(Cl)cc[nH]c1=O. The molecule has 0 fully saturated rings. The van der Waals surface area contributed by atoms with Crippen molar-refractivity contribution in [1.29, 1.82) is 5.41 Å². The standard InChI is InChI=1S/C6H6ClN3O/c7-3-1-2-10-6(11)4(3)5(8)9/h1-2H,(H3,8,9)(H,10,11). The number of nitrogen functional groups attached to an aromatic ring is 1. The van der Waals surface area contributed by atoms with Crippen LogP contribution in [-0.2, 0) is 0 Å². The third-order valence-electron chi connectivity index (χ3n) is 1.18. The molecule has 0 saturated carbocycles. The Labute approximate surface area is 67.5 Å². The van der Waals surface area contributed by atoms with Crippen molar-refractivity contribution in [3.05, 3.63) is 33.2 Å². The number of aromatic amines is 1. The second-order valence-electron chi connectivity index (χ2n) is 1.94. The number of hydrogen-bond donors (Lipinski definition) is 3. The molecule has 0 spiro atoms. The molecular weight excluding hydrogens is 166 g/mol. The Morgan fingerprint density at radius 3 is 2.73 bits per heavy atom. The van der Waals surface area contributed by atoms with E-state index in [1.807, 2.05) is 0 Å². The van der Waals surface area contributed by atoms with Gasteiger partial charge in [0.25, 0.3) is 5.56 Å². The van der Waals surface area contributed by atoms with Gasteiger partial charge in [0.05, 0.1) is 10.6 Å². The fraction of sp³-hybridized carbons (Fsp3) is 0. The first-order valence-corrected chi connectivity index (χ1v) is 3.22. The lowest BCUT2D eigenvalue weighted by molar-refractivity contribution is 1.21. The maximum atomic E-state index is 10.9. The second kappa shape index (κ2) is 2.75. The molecule has 0 aliphatic rings. The van der Waals surface area contributed by atoms with Crippen LogP contribution in [0.3, 0.4) is 0 Å². The van der Waals surface area contributed by atoms with Crippen LogP contribution in [0.1, 0.15) is 5.56 Å². The van der Waals surface area contributed by atoms with E-state index in [1.165, 1.54) is 12.3 Å². The Morgan fingerprint density at radius 1 is 1.73 bits per heavy atom. The van der Waals surface area contributed by atoms with Crippen LogP contribution in [-0.4, -0.2) is 10.8 Å². The summed E-state index contributed by atoms with van der Waals surface area (Å²) in [6.07, 6.45) is 1.40. The molecule has 5 heteroatoms. The van der Waals surface area contributed by atoms with Crippen LogP contribution in [0.25, 0.3) is 0 Å². The molecule has 0 aromatic carbocycles. The van der Waals surface area contributed by atoms with Gasteiger partial charge in [0, 0.05) is 6.20 Å². The number of halogens is 1. The Morgan fingerprint density at radius 2 is 2.36 bits per heavy atom. The normalized spacial score (nSPS) is 9.55. The van der Waals surface area contributed by atoms with Crippen molar-refractivity contribution < 1.29 is 0 Å². The maximum absolute atomic E-state index is 10.9. The van der Waals surface area contributed by atoms with Crippen molar-refractivity contribution in [3.63, 3.8) is 0 Å². The fourth-order valence-corrected chi connectivity index (χ4v) is 0.956. The summed E-state index contributed by atoms with van der Waals surface area (Å²) in [6, 6.07) is 1.47. The minimum atomic E-state index is -0.440. The lowest BCUT2D eigenvalue weighted by atomic mass is 10.2. The van der Waals surface area contributed by atoms with Crippen molar-refractivity contribution in [3.8, 4) is 0 Å². The lowest BCUT2D eigenvalue weighted by Crippen LogP contribution is -2.23. The Kier molecular flexibility index (Phi) is 1.96. The first kappa shape index (κ1) is 7.81. The number of pyridine rings is 1. The summed E-state index contributed by atoms with van der Waals surface area (Å²) in [6.45, 7) is 0. The summed E-state index contributed by atoms with van der Waals surface area (Å²) < 4.78 is 0. The van der Waals surface area contributed by atoms with Crippen LogP contribution in [0.2, 0.25) is 5.02 Å². The van der Waals surface area contributed by atoms with Gasteiger partial charge in [-0.1, -0.05) is 11.6 Å². The molecule has 4 N–H and O–H groups in total. The highest BCUT2D eigenvalue weighted by molar-refractivity contribution is 6.33. The van der Waals surface area contributed by atoms with Crippen molar-refractivity contribution in [2.45, 2.75) is 0 Å². The first-order valence-electron chi connectivity index (χ1n) is 2.84. The third-order valence-corrected chi connectivity index (χ3v) is 1.49. The largest absolute Gasteiger partial charge is 0.383 e. The fourth-order valence-electron chi connectivity index (χ4n) is 0.705. The monoisotopic (exact) mass is 171 g/mol. The van der Waals surface area contributed by atoms with E-state index < -0.39 is 5.56 Å². The molecule has 0 aliphatic carbocycles. The lowest BCUT2D eigenvalue weighted by Gasteiger charge is -1.97. The maximum Gasteiger partial charge on any atom is 0.260 e. The molecule has 1 aromatic heterocycles. The molecular formula is C6H6ClN3O. The van der Waals surface area contributed by atoms with Gasteiger partial charge in [0.1, 0.15) is 5.84 Å². The highest BCUT2D eigenvalue weighted by Gasteiger charge is 2.06. The van der Waals surface area contributed by atoms with Gasteiger partial charge in [-0.2, -0.15) is 0 Å². The van der Waals surface area contributed by atoms with Crippen LogP contribution in [0.4, 0.5) is 0 Å². The third kappa shape index (κ3) is 1.40. The van der Waals surface area contributed by atoms with Gasteiger partial charge in [-0.15, -0.1) is 0 Å². The Balaban J connectivity index is 3.45. The van der Waals surface area contributed by atoms with Gasteiger partial charge in [0.2, 0.25) is 0 Å². The molecule has 1 rings (SSSR count). The summed E-state index contributed by atoms with van der Waals surface area (Å²) in [5.41, 5.74) is 4.68. The summed E-state index contributed by atoms with van der Waals surface area (Å²) in [7, 11) is 0. The number of H-pyrrole nitrogens is 1. The summed E-state index contributed by atoms with van der Waals surface area (Å²) in [5, 5.41) is 7.19. The van der Waals surface area contributed by atoms with E-state index >= 15 is 0 Å². The van der Waals surface area contributed by atoms with Crippen LogP contribution < -0.4 is 11.3 Å². The minimum Gasteiger partial charge on any atom is -0.383 e. The molecule has 0 amide bonds. The molecule has 0 saturated heterocycles. The van der Waals surface area contributed by atoms with Crippen molar-refractivity contribution >= 4 is 17.4 Å². The van der Waals surface area contributed by atoms with Crippen molar-refractivity contribution in [1.82, 2.24) is 4.98 Å². The topological polar surface area (TPSA) is 82.7 Å². The van der Waals surface area contributed by atoms with Gasteiger partial charge in [-0.05, 0) is 6.07 Å². The number of nitrogens with two attached hydrogens (primary N) is 1. The van der Waals surface area contributed by atoms with E-state index in [2.05, 4.69) is 4.98 Å². The average Bonchev–Trinajstić information content (AvgIpc) is 1.85. The van der Waals surface area contributed by atoms with Crippen LogP contribution in [0.5, 0.6) is 0 Å². The van der Waals surface area contributed by atoms with E-state index in [-0.39, 0.29) is 16.4 Å². The number of rotatable bonds is 1. The molecule has 1 aromatic rings. The number of nitrogens with one attached hydrogen (secondary N) is 2. The minimum absolute atomic E-state index is 0.0224. The number of aromatic nitrogens is 1. The van der Waals surface area contributed by atoms with Crippen molar-refractivity contribution in [2.24, 2.45) is 5.73 Å². The van der Waals surface area contributed by atoms with Crippen LogP contribution in [0, 0.1) is 5.41 Å². The summed E-state index contributed by atoms with van der Waals surface area (Å²) in [5.74, 6) is -0.322. The Hall–Kier alpha value is -1.29. The molecule has 0 unspecified atom stereocenters. The Bertz CT molecular complexity index is 344. The molecule has 11 heavy (non-hydrogen) atoms. The van der Waals surface area contributed by atoms with E-state index in [9.17, 15) is 4.79 Å². The molecule has 0 bridgehead atoms. The smallest absolute Gasteiger partial charge is 0.260 e. The van der Waals surface area contributed by atoms with E-state index in [0.29, 0.717) is 0 Å².